The Morgan fingerprint density at radius 2 is 2.16 bits per heavy atom. The Kier molecular flexibility index (Phi) is 4.42. The van der Waals surface area contributed by atoms with E-state index in [0.29, 0.717) is 26.1 Å². The molecular formula is C10H15Cl2N3O3S. The van der Waals surface area contributed by atoms with Gasteiger partial charge in [0.15, 0.2) is 5.03 Å². The number of nitrogens with zero attached hydrogens (tertiary/aromatic N) is 2. The average molecular weight is 328 g/mol. The first kappa shape index (κ1) is 15.1. The fraction of sp³-hybridized carbons (Fsp3) is 0.700. The highest BCUT2D eigenvalue weighted by molar-refractivity contribution is 7.89. The standard InChI is InChI=1S/C10H15Cl2N3O3S/c1-15-9(8(12)6-13-15)19(16,17)14-10(7-11)2-4-18-5-3-10/h6,14H,2-5,7H2,1H3. The zero-order valence-corrected chi connectivity index (χ0v) is 12.7. The predicted octanol–water partition coefficient (Wildman–Crippen LogP) is 1.14. The maximum atomic E-state index is 12.4. The van der Waals surface area contributed by atoms with Crippen LogP contribution < -0.4 is 4.72 Å². The summed E-state index contributed by atoms with van der Waals surface area (Å²) >= 11 is 11.8. The van der Waals surface area contributed by atoms with Crippen molar-refractivity contribution < 1.29 is 13.2 Å². The number of nitrogens with one attached hydrogen (secondary N) is 1. The number of sulfonamides is 1. The summed E-state index contributed by atoms with van der Waals surface area (Å²) in [6, 6.07) is 0. The Hall–Kier alpha value is -0.340. The number of aromatic nitrogens is 2. The van der Waals surface area contributed by atoms with Crippen LogP contribution in [0.25, 0.3) is 0 Å². The molecule has 1 fully saturated rings. The molecule has 2 heterocycles. The average Bonchev–Trinajstić information content (AvgIpc) is 2.70. The van der Waals surface area contributed by atoms with Crippen molar-refractivity contribution in [1.82, 2.24) is 14.5 Å². The van der Waals surface area contributed by atoms with E-state index in [0.717, 1.165) is 0 Å². The number of ether oxygens (including phenoxy) is 1. The number of rotatable bonds is 4. The molecule has 0 radical (unpaired) electrons. The largest absolute Gasteiger partial charge is 0.381 e. The number of alkyl halides is 1. The minimum absolute atomic E-state index is 0.0508. The number of hydrogen-bond donors (Lipinski definition) is 1. The molecule has 1 aliphatic heterocycles. The van der Waals surface area contributed by atoms with Gasteiger partial charge in [-0.1, -0.05) is 11.6 Å². The molecule has 0 amide bonds. The summed E-state index contributed by atoms with van der Waals surface area (Å²) in [4.78, 5) is 0. The van der Waals surface area contributed by atoms with Crippen LogP contribution in [0.5, 0.6) is 0 Å². The molecule has 0 spiro atoms. The lowest BCUT2D eigenvalue weighted by Gasteiger charge is -2.35. The highest BCUT2D eigenvalue weighted by Gasteiger charge is 2.38. The van der Waals surface area contributed by atoms with Gasteiger partial charge in [-0.2, -0.15) is 5.10 Å². The van der Waals surface area contributed by atoms with Crippen molar-refractivity contribution in [3.05, 3.63) is 11.2 Å². The third kappa shape index (κ3) is 3.05. The molecule has 0 saturated carbocycles. The molecule has 0 unspecified atom stereocenters. The van der Waals surface area contributed by atoms with Crippen LogP contribution in [0.1, 0.15) is 12.8 Å². The summed E-state index contributed by atoms with van der Waals surface area (Å²) in [7, 11) is -2.24. The van der Waals surface area contributed by atoms with Gasteiger partial charge in [-0.05, 0) is 12.8 Å². The van der Waals surface area contributed by atoms with Crippen LogP contribution in [0.3, 0.4) is 0 Å². The second-order valence-corrected chi connectivity index (χ2v) is 6.83. The minimum Gasteiger partial charge on any atom is -0.381 e. The van der Waals surface area contributed by atoms with E-state index in [9.17, 15) is 8.42 Å². The first-order valence-corrected chi connectivity index (χ1v) is 8.15. The van der Waals surface area contributed by atoms with Gasteiger partial charge in [-0.3, -0.25) is 4.68 Å². The number of aryl methyl sites for hydroxylation is 1. The zero-order chi connectivity index (χ0) is 14.1. The molecule has 1 N–H and O–H groups in total. The van der Waals surface area contributed by atoms with Crippen molar-refractivity contribution in [2.45, 2.75) is 23.4 Å². The van der Waals surface area contributed by atoms with E-state index in [-0.39, 0.29) is 15.9 Å². The normalized spacial score (nSPS) is 19.5. The quantitative estimate of drug-likeness (QED) is 0.841. The highest BCUT2D eigenvalue weighted by atomic mass is 35.5. The van der Waals surface area contributed by atoms with Crippen LogP contribution in [0.15, 0.2) is 11.2 Å². The lowest BCUT2D eigenvalue weighted by molar-refractivity contribution is 0.0548. The lowest BCUT2D eigenvalue weighted by Crippen LogP contribution is -2.53. The van der Waals surface area contributed by atoms with Gasteiger partial charge >= 0.3 is 0 Å². The Morgan fingerprint density at radius 1 is 1.53 bits per heavy atom. The third-order valence-electron chi connectivity index (χ3n) is 3.15. The Balaban J connectivity index is 2.30. The summed E-state index contributed by atoms with van der Waals surface area (Å²) in [5, 5.41) is 3.87. The van der Waals surface area contributed by atoms with Gasteiger partial charge < -0.3 is 4.74 Å². The minimum atomic E-state index is -3.77. The van der Waals surface area contributed by atoms with Gasteiger partial charge in [0.25, 0.3) is 10.0 Å². The van der Waals surface area contributed by atoms with Crippen LogP contribution in [-0.2, 0) is 21.8 Å². The van der Waals surface area contributed by atoms with Gasteiger partial charge in [0.1, 0.15) is 0 Å². The van der Waals surface area contributed by atoms with Crippen molar-refractivity contribution in [2.75, 3.05) is 19.1 Å². The summed E-state index contributed by atoms with van der Waals surface area (Å²) < 4.78 is 34.0. The van der Waals surface area contributed by atoms with Crippen LogP contribution in [0.4, 0.5) is 0 Å². The summed E-state index contributed by atoms with van der Waals surface area (Å²) in [5.74, 6) is 0.186. The van der Waals surface area contributed by atoms with Gasteiger partial charge in [0.05, 0.1) is 16.8 Å². The SMILES string of the molecule is Cn1ncc(Cl)c1S(=O)(=O)NC1(CCl)CCOCC1. The van der Waals surface area contributed by atoms with Gasteiger partial charge in [0, 0.05) is 26.1 Å². The summed E-state index contributed by atoms with van der Waals surface area (Å²) in [5.41, 5.74) is -0.688. The molecule has 1 aromatic heterocycles. The van der Waals surface area contributed by atoms with E-state index >= 15 is 0 Å². The summed E-state index contributed by atoms with van der Waals surface area (Å²) in [6.45, 7) is 0.961. The van der Waals surface area contributed by atoms with E-state index in [2.05, 4.69) is 9.82 Å². The molecule has 108 valence electrons. The maximum Gasteiger partial charge on any atom is 0.259 e. The van der Waals surface area contributed by atoms with Crippen molar-refractivity contribution in [1.29, 1.82) is 0 Å². The van der Waals surface area contributed by atoms with E-state index in [1.54, 1.807) is 0 Å². The Morgan fingerprint density at radius 3 is 2.63 bits per heavy atom. The highest BCUT2D eigenvalue weighted by Crippen LogP contribution is 2.27. The molecule has 1 aromatic rings. The molecule has 1 aliphatic rings. The zero-order valence-electron chi connectivity index (χ0n) is 10.4. The molecule has 6 nitrogen and oxygen atoms in total. The topological polar surface area (TPSA) is 73.2 Å². The smallest absolute Gasteiger partial charge is 0.259 e. The molecule has 0 aromatic carbocycles. The second-order valence-electron chi connectivity index (χ2n) is 4.55. The van der Waals surface area contributed by atoms with Gasteiger partial charge in [0.2, 0.25) is 0 Å². The third-order valence-corrected chi connectivity index (χ3v) is 5.75. The van der Waals surface area contributed by atoms with Gasteiger partial charge in [-0.25, -0.2) is 13.1 Å². The van der Waals surface area contributed by atoms with E-state index in [1.165, 1.54) is 17.9 Å². The molecule has 9 heteroatoms. The van der Waals surface area contributed by atoms with Crippen molar-refractivity contribution >= 4 is 33.2 Å². The monoisotopic (exact) mass is 327 g/mol. The fourth-order valence-electron chi connectivity index (χ4n) is 2.06. The predicted molar refractivity (Wildman–Crippen MR) is 72.0 cm³/mol. The first-order chi connectivity index (χ1) is 8.90. The molecule has 0 atom stereocenters. The molecule has 1 saturated heterocycles. The van der Waals surface area contributed by atoms with E-state index < -0.39 is 15.6 Å². The molecule has 0 aliphatic carbocycles. The molecule has 19 heavy (non-hydrogen) atoms. The summed E-state index contributed by atoms with van der Waals surface area (Å²) in [6.07, 6.45) is 2.36. The van der Waals surface area contributed by atoms with Crippen LogP contribution in [0.2, 0.25) is 5.02 Å². The number of hydrogen-bond acceptors (Lipinski definition) is 4. The number of halogens is 2. The van der Waals surface area contributed by atoms with Crippen molar-refractivity contribution in [3.8, 4) is 0 Å². The van der Waals surface area contributed by atoms with Crippen LogP contribution >= 0.6 is 23.2 Å². The van der Waals surface area contributed by atoms with Crippen molar-refractivity contribution in [3.63, 3.8) is 0 Å². The lowest BCUT2D eigenvalue weighted by atomic mass is 9.94. The second kappa shape index (κ2) is 5.57. The Labute approximate surface area is 122 Å². The van der Waals surface area contributed by atoms with Crippen molar-refractivity contribution in [2.24, 2.45) is 7.05 Å². The molecule has 2 rings (SSSR count). The van der Waals surface area contributed by atoms with Gasteiger partial charge in [-0.15, -0.1) is 11.6 Å². The molecular weight excluding hydrogens is 313 g/mol. The van der Waals surface area contributed by atoms with Crippen LogP contribution in [-0.4, -0.2) is 42.8 Å². The molecule has 0 bridgehead atoms. The first-order valence-electron chi connectivity index (χ1n) is 5.75. The Bertz CT molecular complexity index is 533. The van der Waals surface area contributed by atoms with E-state index in [4.69, 9.17) is 27.9 Å². The maximum absolute atomic E-state index is 12.4. The van der Waals surface area contributed by atoms with Crippen LogP contribution in [0, 0.1) is 0 Å². The van der Waals surface area contributed by atoms with E-state index in [1.807, 2.05) is 0 Å². The fourth-order valence-corrected chi connectivity index (χ4v) is 4.59.